The number of nitrogens with zero attached hydrogens (tertiary/aromatic N) is 3. The molecule has 2 fully saturated rings. The summed E-state index contributed by atoms with van der Waals surface area (Å²) in [6.45, 7) is 7.38. The lowest BCUT2D eigenvalue weighted by atomic mass is 10.1. The molecule has 1 aromatic carbocycles. The van der Waals surface area contributed by atoms with Crippen molar-refractivity contribution in [1.82, 2.24) is 9.55 Å². The molecular formula is C23H29F3N4O3S. The van der Waals surface area contributed by atoms with Crippen LogP contribution in [0.2, 0.25) is 0 Å². The van der Waals surface area contributed by atoms with Crippen molar-refractivity contribution in [2.45, 2.75) is 50.7 Å². The highest BCUT2D eigenvalue weighted by atomic mass is 32.2. The molecule has 186 valence electrons. The van der Waals surface area contributed by atoms with Gasteiger partial charge in [0.15, 0.2) is 5.16 Å². The SMILES string of the molecule is Cc1nc(SCC(=O)Nc2cc(C(F)(F)F)ccc2N2CCOCC2)n(C[C@H]2CCCO2)c1C. The molecule has 0 unspecified atom stereocenters. The van der Waals surface area contributed by atoms with Gasteiger partial charge in [0.25, 0.3) is 0 Å². The van der Waals surface area contributed by atoms with E-state index in [-0.39, 0.29) is 23.5 Å². The molecule has 2 aliphatic heterocycles. The average Bonchev–Trinajstić information content (AvgIpc) is 3.41. The van der Waals surface area contributed by atoms with Gasteiger partial charge in [-0.1, -0.05) is 11.8 Å². The summed E-state index contributed by atoms with van der Waals surface area (Å²) in [5.41, 5.74) is 1.81. The zero-order valence-electron chi connectivity index (χ0n) is 19.3. The molecule has 1 N–H and O–H groups in total. The first kappa shape index (κ1) is 24.9. The minimum Gasteiger partial charge on any atom is -0.378 e. The third-order valence-electron chi connectivity index (χ3n) is 6.12. The third-order valence-corrected chi connectivity index (χ3v) is 7.09. The van der Waals surface area contributed by atoms with Crippen molar-refractivity contribution in [1.29, 1.82) is 0 Å². The highest BCUT2D eigenvalue weighted by molar-refractivity contribution is 7.99. The number of hydrogen-bond acceptors (Lipinski definition) is 6. The first-order valence-corrected chi connectivity index (χ1v) is 12.3. The highest BCUT2D eigenvalue weighted by Gasteiger charge is 2.32. The Labute approximate surface area is 201 Å². The van der Waals surface area contributed by atoms with E-state index in [0.717, 1.165) is 43.0 Å². The quantitative estimate of drug-likeness (QED) is 0.576. The van der Waals surface area contributed by atoms with Gasteiger partial charge in [-0.2, -0.15) is 13.2 Å². The maximum absolute atomic E-state index is 13.3. The molecule has 34 heavy (non-hydrogen) atoms. The maximum Gasteiger partial charge on any atom is 0.416 e. The largest absolute Gasteiger partial charge is 0.416 e. The van der Waals surface area contributed by atoms with Gasteiger partial charge in [-0.15, -0.1) is 0 Å². The lowest BCUT2D eigenvalue weighted by Crippen LogP contribution is -2.37. The molecular weight excluding hydrogens is 469 g/mol. The molecule has 2 saturated heterocycles. The summed E-state index contributed by atoms with van der Waals surface area (Å²) < 4.78 is 53.1. The van der Waals surface area contributed by atoms with E-state index < -0.39 is 11.7 Å². The van der Waals surface area contributed by atoms with Crippen LogP contribution in [0, 0.1) is 13.8 Å². The number of carbonyl (C=O) groups excluding carboxylic acids is 1. The molecule has 0 radical (unpaired) electrons. The van der Waals surface area contributed by atoms with Crippen LogP contribution in [0.15, 0.2) is 23.4 Å². The molecule has 1 atom stereocenters. The zero-order chi connectivity index (χ0) is 24.3. The third kappa shape index (κ3) is 5.87. The fraction of sp³-hybridized carbons (Fsp3) is 0.565. The van der Waals surface area contributed by atoms with Crippen LogP contribution in [0.1, 0.15) is 29.8 Å². The number of ether oxygens (including phenoxy) is 2. The summed E-state index contributed by atoms with van der Waals surface area (Å²) in [4.78, 5) is 19.3. The number of anilines is 2. The monoisotopic (exact) mass is 498 g/mol. The number of nitrogens with one attached hydrogen (secondary N) is 1. The van der Waals surface area contributed by atoms with Gasteiger partial charge in [0.1, 0.15) is 0 Å². The van der Waals surface area contributed by atoms with E-state index in [4.69, 9.17) is 9.47 Å². The number of halogens is 3. The second-order valence-corrected chi connectivity index (χ2v) is 9.42. The standard InChI is InChI=1S/C23H29F3N4O3S/c1-15-16(2)30(13-18-4-3-9-33-18)22(27-15)34-14-21(31)28-19-12-17(23(24,25)26)5-6-20(19)29-7-10-32-11-8-29/h5-6,12,18H,3-4,7-11,13-14H2,1-2H3,(H,28,31)/t18-/m1/s1. The minimum atomic E-state index is -4.50. The number of alkyl halides is 3. The first-order chi connectivity index (χ1) is 16.2. The van der Waals surface area contributed by atoms with Crippen LogP contribution in [0.5, 0.6) is 0 Å². The van der Waals surface area contributed by atoms with Gasteiger partial charge in [0.2, 0.25) is 5.91 Å². The molecule has 1 amide bonds. The predicted octanol–water partition coefficient (Wildman–Crippen LogP) is 4.27. The van der Waals surface area contributed by atoms with E-state index in [1.807, 2.05) is 18.7 Å². The first-order valence-electron chi connectivity index (χ1n) is 11.3. The Balaban J connectivity index is 1.48. The van der Waals surface area contributed by atoms with Gasteiger partial charge in [0, 0.05) is 25.4 Å². The van der Waals surface area contributed by atoms with Crippen molar-refractivity contribution in [3.05, 3.63) is 35.2 Å². The fourth-order valence-electron chi connectivity index (χ4n) is 4.15. The van der Waals surface area contributed by atoms with Crippen molar-refractivity contribution in [2.24, 2.45) is 0 Å². The van der Waals surface area contributed by atoms with Crippen molar-refractivity contribution < 1.29 is 27.4 Å². The molecule has 0 aliphatic carbocycles. The van der Waals surface area contributed by atoms with E-state index >= 15 is 0 Å². The van der Waals surface area contributed by atoms with Crippen molar-refractivity contribution in [3.63, 3.8) is 0 Å². The minimum absolute atomic E-state index is 0.0280. The number of aryl methyl sites for hydroxylation is 1. The van der Waals surface area contributed by atoms with E-state index in [0.29, 0.717) is 43.7 Å². The Morgan fingerprint density at radius 2 is 2.00 bits per heavy atom. The number of thioether (sulfide) groups is 1. The Bertz CT molecular complexity index is 1020. The van der Waals surface area contributed by atoms with E-state index in [1.54, 1.807) is 0 Å². The summed E-state index contributed by atoms with van der Waals surface area (Å²) in [5, 5.41) is 3.41. The molecule has 0 saturated carbocycles. The Morgan fingerprint density at radius 1 is 1.24 bits per heavy atom. The van der Waals surface area contributed by atoms with Crippen molar-refractivity contribution in [3.8, 4) is 0 Å². The number of aromatic nitrogens is 2. The predicted molar refractivity (Wildman–Crippen MR) is 125 cm³/mol. The molecule has 2 aliphatic rings. The second kappa shape index (κ2) is 10.6. The van der Waals surface area contributed by atoms with Gasteiger partial charge in [-0.05, 0) is 44.9 Å². The molecule has 3 heterocycles. The molecule has 4 rings (SSSR count). The second-order valence-electron chi connectivity index (χ2n) is 8.48. The van der Waals surface area contributed by atoms with Gasteiger partial charge >= 0.3 is 6.18 Å². The zero-order valence-corrected chi connectivity index (χ0v) is 20.1. The molecule has 11 heteroatoms. The lowest BCUT2D eigenvalue weighted by Gasteiger charge is -2.31. The summed E-state index contributed by atoms with van der Waals surface area (Å²) in [7, 11) is 0. The topological polar surface area (TPSA) is 68.6 Å². The number of rotatable bonds is 7. The number of amides is 1. The van der Waals surface area contributed by atoms with Crippen LogP contribution in [-0.4, -0.2) is 60.2 Å². The average molecular weight is 499 g/mol. The summed E-state index contributed by atoms with van der Waals surface area (Å²) in [5.74, 6) is -0.360. The van der Waals surface area contributed by atoms with Crippen LogP contribution in [0.4, 0.5) is 24.5 Å². The number of benzene rings is 1. The van der Waals surface area contributed by atoms with E-state index in [1.165, 1.54) is 17.8 Å². The van der Waals surface area contributed by atoms with Crippen LogP contribution in [0.25, 0.3) is 0 Å². The van der Waals surface area contributed by atoms with Gasteiger partial charge in [-0.25, -0.2) is 4.98 Å². The molecule has 2 aromatic rings. The van der Waals surface area contributed by atoms with Crippen LogP contribution in [-0.2, 0) is 27.0 Å². The number of hydrogen-bond donors (Lipinski definition) is 1. The number of imidazole rings is 1. The highest BCUT2D eigenvalue weighted by Crippen LogP contribution is 2.36. The van der Waals surface area contributed by atoms with Gasteiger partial charge < -0.3 is 24.3 Å². The van der Waals surface area contributed by atoms with E-state index in [9.17, 15) is 18.0 Å². The van der Waals surface area contributed by atoms with Crippen LogP contribution in [0.3, 0.4) is 0 Å². The van der Waals surface area contributed by atoms with Crippen molar-refractivity contribution >= 4 is 29.0 Å². The fourth-order valence-corrected chi connectivity index (χ4v) is 5.05. The summed E-state index contributed by atoms with van der Waals surface area (Å²) in [6.07, 6.45) is -2.35. The summed E-state index contributed by atoms with van der Waals surface area (Å²) >= 11 is 1.27. The molecule has 7 nitrogen and oxygen atoms in total. The van der Waals surface area contributed by atoms with Gasteiger partial charge in [-0.3, -0.25) is 4.79 Å². The summed E-state index contributed by atoms with van der Waals surface area (Å²) in [6, 6.07) is 3.46. The Kier molecular flexibility index (Phi) is 7.73. The Hall–Kier alpha value is -2.24. The van der Waals surface area contributed by atoms with Crippen LogP contribution >= 0.6 is 11.8 Å². The van der Waals surface area contributed by atoms with E-state index in [2.05, 4.69) is 14.9 Å². The molecule has 0 spiro atoms. The molecule has 0 bridgehead atoms. The normalized spacial score (nSPS) is 19.0. The molecule has 1 aromatic heterocycles. The Morgan fingerprint density at radius 3 is 2.68 bits per heavy atom. The number of carbonyl (C=O) groups is 1. The van der Waals surface area contributed by atoms with Gasteiger partial charge in [0.05, 0.1) is 54.2 Å². The van der Waals surface area contributed by atoms with Crippen LogP contribution < -0.4 is 10.2 Å². The number of morpholine rings is 1. The lowest BCUT2D eigenvalue weighted by molar-refractivity contribution is -0.137. The smallest absolute Gasteiger partial charge is 0.378 e. The maximum atomic E-state index is 13.3. The van der Waals surface area contributed by atoms with Crippen molar-refractivity contribution in [2.75, 3.05) is 48.9 Å².